The summed E-state index contributed by atoms with van der Waals surface area (Å²) in [4.78, 5) is 15.4. The molecule has 0 amide bonds. The van der Waals surface area contributed by atoms with E-state index in [9.17, 15) is 0 Å². The van der Waals surface area contributed by atoms with E-state index in [2.05, 4.69) is 176 Å². The topological polar surface area (TPSA) is 38.7 Å². The van der Waals surface area contributed by atoms with Crippen molar-refractivity contribution in [2.75, 3.05) is 0 Å². The minimum absolute atomic E-state index is 0.644. The Morgan fingerprint density at radius 1 is 0.255 bits per heavy atom. The lowest BCUT2D eigenvalue weighted by molar-refractivity contribution is 1.08. The second-order valence-electron chi connectivity index (χ2n) is 13.6. The minimum atomic E-state index is 0.644. The molecular weight excluding hydrogens is 687 g/mol. The SMILES string of the molecule is c1ccc(-c2ccc(-c3cc(-c4ccccc4)c4sc5c(-c6nc(-c7ccccc7)nc(-c7cccc(-c8ccccc8)c7)n6)cccc5c4c3)cc2)cc1. The van der Waals surface area contributed by atoms with E-state index in [4.69, 9.17) is 15.0 Å². The molecular formula is C51H33N3S. The molecule has 0 unspecified atom stereocenters. The molecule has 0 spiro atoms. The van der Waals surface area contributed by atoms with Crippen LogP contribution in [0.1, 0.15) is 0 Å². The molecule has 4 heteroatoms. The Bertz CT molecular complexity index is 2940. The smallest absolute Gasteiger partial charge is 0.165 e. The number of nitrogens with zero attached hydrogens (tertiary/aromatic N) is 3. The van der Waals surface area contributed by atoms with Gasteiger partial charge in [-0.2, -0.15) is 0 Å². The molecule has 10 rings (SSSR count). The lowest BCUT2D eigenvalue weighted by Crippen LogP contribution is -2.00. The van der Waals surface area contributed by atoms with Crippen LogP contribution in [0.3, 0.4) is 0 Å². The highest BCUT2D eigenvalue weighted by Gasteiger charge is 2.19. The number of fused-ring (bicyclic) bond motifs is 3. The van der Waals surface area contributed by atoms with Crippen LogP contribution in [0.4, 0.5) is 0 Å². The lowest BCUT2D eigenvalue weighted by Gasteiger charge is -2.10. The van der Waals surface area contributed by atoms with Crippen LogP contribution in [0.15, 0.2) is 200 Å². The minimum Gasteiger partial charge on any atom is -0.208 e. The van der Waals surface area contributed by atoms with Gasteiger partial charge in [-0.25, -0.2) is 15.0 Å². The van der Waals surface area contributed by atoms with E-state index in [1.54, 1.807) is 0 Å². The van der Waals surface area contributed by atoms with Crippen molar-refractivity contribution in [2.45, 2.75) is 0 Å². The molecule has 0 aliphatic heterocycles. The second-order valence-corrected chi connectivity index (χ2v) is 14.6. The fraction of sp³-hybridized carbons (Fsp3) is 0. The average Bonchev–Trinajstić information content (AvgIpc) is 3.66. The van der Waals surface area contributed by atoms with Gasteiger partial charge in [0.25, 0.3) is 0 Å². The first-order chi connectivity index (χ1) is 27.2. The van der Waals surface area contributed by atoms with Gasteiger partial charge >= 0.3 is 0 Å². The molecule has 10 aromatic rings. The van der Waals surface area contributed by atoms with E-state index in [-0.39, 0.29) is 0 Å². The van der Waals surface area contributed by atoms with E-state index in [0.29, 0.717) is 17.5 Å². The van der Waals surface area contributed by atoms with Crippen molar-refractivity contribution >= 4 is 31.5 Å². The molecule has 3 nitrogen and oxygen atoms in total. The van der Waals surface area contributed by atoms with Gasteiger partial charge < -0.3 is 0 Å². The maximum atomic E-state index is 5.22. The van der Waals surface area contributed by atoms with Crippen LogP contribution in [-0.2, 0) is 0 Å². The molecule has 55 heavy (non-hydrogen) atoms. The predicted molar refractivity (Wildman–Crippen MR) is 231 cm³/mol. The summed E-state index contributed by atoms with van der Waals surface area (Å²) in [5.41, 5.74) is 12.3. The number of rotatable bonds is 7. The summed E-state index contributed by atoms with van der Waals surface area (Å²) in [6.45, 7) is 0. The highest BCUT2D eigenvalue weighted by Crippen LogP contribution is 2.46. The lowest BCUT2D eigenvalue weighted by atomic mass is 9.94. The Hall–Kier alpha value is -7.01. The summed E-state index contributed by atoms with van der Waals surface area (Å²) in [5.74, 6) is 1.95. The highest BCUT2D eigenvalue weighted by atomic mass is 32.1. The van der Waals surface area contributed by atoms with Crippen molar-refractivity contribution in [2.24, 2.45) is 0 Å². The number of hydrogen-bond acceptors (Lipinski definition) is 4. The van der Waals surface area contributed by atoms with Crippen LogP contribution >= 0.6 is 11.3 Å². The molecule has 0 bridgehead atoms. The zero-order valence-electron chi connectivity index (χ0n) is 29.8. The molecule has 0 fully saturated rings. The molecule has 0 saturated carbocycles. The standard InChI is InChI=1S/C51H33N3S/c1-5-15-34(16-6-1)36-27-29-37(30-28-36)42-32-45(38-19-9-3-10-20-38)48-46(33-42)43-25-14-26-44(47(43)55-48)51-53-49(39-21-11-4-12-22-39)52-50(54-51)41-24-13-23-40(31-41)35-17-7-2-8-18-35/h1-33H. The molecule has 2 heterocycles. The Morgan fingerprint density at radius 2 is 0.709 bits per heavy atom. The summed E-state index contributed by atoms with van der Waals surface area (Å²) in [7, 11) is 0. The van der Waals surface area contributed by atoms with Gasteiger partial charge in [-0.1, -0.05) is 176 Å². The van der Waals surface area contributed by atoms with E-state index < -0.39 is 0 Å². The Kier molecular flexibility index (Phi) is 8.36. The molecule has 2 aromatic heterocycles. The summed E-state index contributed by atoms with van der Waals surface area (Å²) >= 11 is 1.81. The molecule has 0 aliphatic rings. The van der Waals surface area contributed by atoms with Crippen molar-refractivity contribution in [1.82, 2.24) is 15.0 Å². The number of hydrogen-bond donors (Lipinski definition) is 0. The zero-order chi connectivity index (χ0) is 36.6. The molecule has 0 radical (unpaired) electrons. The van der Waals surface area contributed by atoms with Crippen molar-refractivity contribution in [3.8, 4) is 78.7 Å². The predicted octanol–water partition coefficient (Wildman–Crippen LogP) is 13.9. The third kappa shape index (κ3) is 6.29. The second kappa shape index (κ2) is 14.1. The third-order valence-corrected chi connectivity index (χ3v) is 11.4. The van der Waals surface area contributed by atoms with Gasteiger partial charge in [0, 0.05) is 42.4 Å². The summed E-state index contributed by atoms with van der Waals surface area (Å²) < 4.78 is 2.40. The quantitative estimate of drug-likeness (QED) is 0.165. The summed E-state index contributed by atoms with van der Waals surface area (Å²) in [6, 6.07) is 70.5. The Morgan fingerprint density at radius 3 is 1.36 bits per heavy atom. The highest BCUT2D eigenvalue weighted by molar-refractivity contribution is 7.26. The number of aromatic nitrogens is 3. The fourth-order valence-corrected chi connectivity index (χ4v) is 8.70. The average molecular weight is 720 g/mol. The van der Waals surface area contributed by atoms with Crippen molar-refractivity contribution in [3.63, 3.8) is 0 Å². The number of thiophene rings is 1. The monoisotopic (exact) mass is 719 g/mol. The summed E-state index contributed by atoms with van der Waals surface area (Å²) in [5, 5.41) is 2.41. The molecule has 0 atom stereocenters. The maximum absolute atomic E-state index is 5.22. The van der Waals surface area contributed by atoms with Crippen LogP contribution in [0.2, 0.25) is 0 Å². The molecule has 0 saturated heterocycles. The van der Waals surface area contributed by atoms with Crippen LogP contribution < -0.4 is 0 Å². The largest absolute Gasteiger partial charge is 0.208 e. The van der Waals surface area contributed by atoms with Crippen LogP contribution in [0.25, 0.3) is 98.8 Å². The van der Waals surface area contributed by atoms with Gasteiger partial charge in [-0.3, -0.25) is 0 Å². The first kappa shape index (κ1) is 32.6. The van der Waals surface area contributed by atoms with Crippen LogP contribution in [0, 0.1) is 0 Å². The maximum Gasteiger partial charge on any atom is 0.165 e. The van der Waals surface area contributed by atoms with Gasteiger partial charge in [0.05, 0.1) is 0 Å². The van der Waals surface area contributed by atoms with Crippen LogP contribution in [-0.4, -0.2) is 15.0 Å². The van der Waals surface area contributed by atoms with Crippen molar-refractivity contribution < 1.29 is 0 Å². The van der Waals surface area contributed by atoms with Crippen LogP contribution in [0.5, 0.6) is 0 Å². The van der Waals surface area contributed by atoms with E-state index in [0.717, 1.165) is 32.5 Å². The van der Waals surface area contributed by atoms with Crippen molar-refractivity contribution in [1.29, 1.82) is 0 Å². The fourth-order valence-electron chi connectivity index (χ4n) is 7.37. The van der Waals surface area contributed by atoms with E-state index in [1.165, 1.54) is 48.9 Å². The van der Waals surface area contributed by atoms with Gasteiger partial charge in [0.2, 0.25) is 0 Å². The Labute approximate surface area is 323 Å². The normalized spacial score (nSPS) is 11.3. The van der Waals surface area contributed by atoms with Gasteiger partial charge in [-0.15, -0.1) is 11.3 Å². The zero-order valence-corrected chi connectivity index (χ0v) is 30.6. The molecule has 258 valence electrons. The first-order valence-corrected chi connectivity index (χ1v) is 19.3. The van der Waals surface area contributed by atoms with E-state index >= 15 is 0 Å². The summed E-state index contributed by atoms with van der Waals surface area (Å²) in [6.07, 6.45) is 0. The van der Waals surface area contributed by atoms with Gasteiger partial charge in [0.15, 0.2) is 17.5 Å². The Balaban J connectivity index is 1.16. The van der Waals surface area contributed by atoms with Gasteiger partial charge in [0.1, 0.15) is 0 Å². The van der Waals surface area contributed by atoms with Crippen molar-refractivity contribution in [3.05, 3.63) is 200 Å². The van der Waals surface area contributed by atoms with E-state index in [1.807, 2.05) is 35.6 Å². The molecule has 0 aliphatic carbocycles. The molecule has 0 N–H and O–H groups in total. The first-order valence-electron chi connectivity index (χ1n) is 18.4. The molecule has 8 aromatic carbocycles. The van der Waals surface area contributed by atoms with Gasteiger partial charge in [-0.05, 0) is 63.2 Å². The third-order valence-electron chi connectivity index (χ3n) is 10.1. The number of benzene rings is 8.